The van der Waals surface area contributed by atoms with Crippen molar-refractivity contribution in [3.63, 3.8) is 0 Å². The summed E-state index contributed by atoms with van der Waals surface area (Å²) in [5.74, 6) is 1.13. The van der Waals surface area contributed by atoms with E-state index in [1.807, 2.05) is 18.2 Å². The number of hydrogen-bond acceptors (Lipinski definition) is 2. The summed E-state index contributed by atoms with van der Waals surface area (Å²) in [4.78, 5) is 15.7. The van der Waals surface area contributed by atoms with Crippen molar-refractivity contribution in [3.8, 4) is 11.4 Å². The van der Waals surface area contributed by atoms with Crippen molar-refractivity contribution >= 4 is 6.29 Å². The molecule has 0 bridgehead atoms. The lowest BCUT2D eigenvalue weighted by Gasteiger charge is -2.22. The van der Waals surface area contributed by atoms with Gasteiger partial charge in [0.15, 0.2) is 0 Å². The normalized spacial score (nSPS) is 18.4. The van der Waals surface area contributed by atoms with Crippen LogP contribution in [0.2, 0.25) is 0 Å². The Morgan fingerprint density at radius 3 is 2.83 bits per heavy atom. The Morgan fingerprint density at radius 1 is 1.33 bits per heavy atom. The van der Waals surface area contributed by atoms with Gasteiger partial charge in [0.25, 0.3) is 0 Å². The Hall–Kier alpha value is -1.90. The number of aryl methyl sites for hydroxylation is 1. The van der Waals surface area contributed by atoms with Crippen LogP contribution in [0.25, 0.3) is 11.4 Å². The third-order valence-corrected chi connectivity index (χ3v) is 3.67. The van der Waals surface area contributed by atoms with Gasteiger partial charge in [0, 0.05) is 23.7 Å². The van der Waals surface area contributed by atoms with E-state index in [4.69, 9.17) is 0 Å². The monoisotopic (exact) mass is 240 g/mol. The van der Waals surface area contributed by atoms with Crippen molar-refractivity contribution in [1.82, 2.24) is 9.55 Å². The Kier molecular flexibility index (Phi) is 2.74. The van der Waals surface area contributed by atoms with Gasteiger partial charge in [-0.3, -0.25) is 0 Å². The number of fused-ring (bicyclic) bond motifs is 1. The second-order valence-corrected chi connectivity index (χ2v) is 4.88. The van der Waals surface area contributed by atoms with Gasteiger partial charge in [-0.05, 0) is 19.8 Å². The number of aromatic nitrogens is 2. The Bertz CT molecular complexity index is 572. The second kappa shape index (κ2) is 4.41. The smallest absolute Gasteiger partial charge is 0.140 e. The first-order chi connectivity index (χ1) is 8.79. The third kappa shape index (κ3) is 1.76. The van der Waals surface area contributed by atoms with Crippen LogP contribution in [0.5, 0.6) is 0 Å². The molecule has 0 amide bonds. The number of nitrogens with zero attached hydrogens (tertiary/aromatic N) is 2. The molecule has 0 fully saturated rings. The number of hydrogen-bond donors (Lipinski definition) is 0. The van der Waals surface area contributed by atoms with E-state index >= 15 is 0 Å². The van der Waals surface area contributed by atoms with Gasteiger partial charge in [-0.15, -0.1) is 0 Å². The zero-order valence-corrected chi connectivity index (χ0v) is 10.5. The van der Waals surface area contributed by atoms with Gasteiger partial charge in [0.2, 0.25) is 0 Å². The highest BCUT2D eigenvalue weighted by Gasteiger charge is 2.23. The molecule has 0 radical (unpaired) electrons. The summed E-state index contributed by atoms with van der Waals surface area (Å²) in [7, 11) is 0. The summed E-state index contributed by atoms with van der Waals surface area (Å²) in [5, 5.41) is 0. The summed E-state index contributed by atoms with van der Waals surface area (Å²) in [6.45, 7) is 2.82. The lowest BCUT2D eigenvalue weighted by molar-refractivity contribution is -0.111. The summed E-state index contributed by atoms with van der Waals surface area (Å²) < 4.78 is 2.22. The fourth-order valence-electron chi connectivity index (χ4n) is 2.69. The van der Waals surface area contributed by atoms with Crippen molar-refractivity contribution in [3.05, 3.63) is 41.7 Å². The second-order valence-electron chi connectivity index (χ2n) is 4.88. The number of carbonyl (C=O) groups is 1. The number of aldehydes is 1. The third-order valence-electron chi connectivity index (χ3n) is 3.67. The van der Waals surface area contributed by atoms with Crippen molar-refractivity contribution in [1.29, 1.82) is 0 Å². The number of carbonyl (C=O) groups excluding carboxylic acids is 1. The minimum Gasteiger partial charge on any atom is -0.327 e. The predicted molar refractivity (Wildman–Crippen MR) is 70.3 cm³/mol. The van der Waals surface area contributed by atoms with Crippen LogP contribution >= 0.6 is 0 Å². The van der Waals surface area contributed by atoms with E-state index in [2.05, 4.69) is 28.6 Å². The van der Waals surface area contributed by atoms with E-state index < -0.39 is 0 Å². The molecule has 2 heterocycles. The molecule has 1 aromatic heterocycles. The quantitative estimate of drug-likeness (QED) is 0.756. The van der Waals surface area contributed by atoms with Crippen LogP contribution in [-0.2, 0) is 17.8 Å². The maximum absolute atomic E-state index is 11.0. The first kappa shape index (κ1) is 11.2. The van der Waals surface area contributed by atoms with E-state index in [1.165, 1.54) is 5.69 Å². The summed E-state index contributed by atoms with van der Waals surface area (Å²) in [6.07, 6.45) is 2.98. The van der Waals surface area contributed by atoms with Crippen LogP contribution in [0.15, 0.2) is 30.3 Å². The van der Waals surface area contributed by atoms with Crippen LogP contribution in [0.3, 0.4) is 0 Å². The molecule has 1 unspecified atom stereocenters. The van der Waals surface area contributed by atoms with Gasteiger partial charge in [0.1, 0.15) is 12.1 Å². The Labute approximate surface area is 106 Å². The van der Waals surface area contributed by atoms with E-state index in [0.717, 1.165) is 42.8 Å². The fourth-order valence-corrected chi connectivity index (χ4v) is 2.69. The average molecular weight is 240 g/mol. The van der Waals surface area contributed by atoms with Gasteiger partial charge >= 0.3 is 0 Å². The number of rotatable bonds is 2. The first-order valence-electron chi connectivity index (χ1n) is 6.36. The van der Waals surface area contributed by atoms with Gasteiger partial charge in [-0.25, -0.2) is 4.98 Å². The van der Waals surface area contributed by atoms with E-state index in [9.17, 15) is 4.79 Å². The maximum atomic E-state index is 11.0. The molecule has 18 heavy (non-hydrogen) atoms. The Morgan fingerprint density at radius 2 is 2.11 bits per heavy atom. The molecule has 0 N–H and O–H groups in total. The molecule has 2 aromatic rings. The van der Waals surface area contributed by atoms with Gasteiger partial charge in [-0.2, -0.15) is 0 Å². The highest BCUT2D eigenvalue weighted by atomic mass is 16.1. The average Bonchev–Trinajstić information content (AvgIpc) is 2.76. The van der Waals surface area contributed by atoms with Crippen molar-refractivity contribution < 1.29 is 4.79 Å². The highest BCUT2D eigenvalue weighted by molar-refractivity contribution is 5.59. The molecule has 1 aliphatic heterocycles. The SMILES string of the molecule is Cc1nc(-c2ccccc2)n2c1CCC(C=O)C2. The van der Waals surface area contributed by atoms with Crippen LogP contribution in [0.4, 0.5) is 0 Å². The standard InChI is InChI=1S/C15H16N2O/c1-11-14-8-7-12(10-18)9-17(14)15(16-11)13-5-3-2-4-6-13/h2-6,10,12H,7-9H2,1H3. The number of imidazole rings is 1. The van der Waals surface area contributed by atoms with Crippen molar-refractivity contribution in [2.24, 2.45) is 5.92 Å². The number of benzene rings is 1. The van der Waals surface area contributed by atoms with Gasteiger partial charge in [0.05, 0.1) is 5.69 Å². The largest absolute Gasteiger partial charge is 0.327 e. The minimum atomic E-state index is 0.133. The molecule has 0 aliphatic carbocycles. The molecule has 3 rings (SSSR count). The molecule has 1 atom stereocenters. The fraction of sp³-hybridized carbons (Fsp3) is 0.333. The Balaban J connectivity index is 2.10. The first-order valence-corrected chi connectivity index (χ1v) is 6.36. The highest BCUT2D eigenvalue weighted by Crippen LogP contribution is 2.28. The topological polar surface area (TPSA) is 34.9 Å². The molecule has 1 aliphatic rings. The van der Waals surface area contributed by atoms with Crippen LogP contribution in [0.1, 0.15) is 17.8 Å². The minimum absolute atomic E-state index is 0.133. The van der Waals surface area contributed by atoms with Crippen molar-refractivity contribution in [2.45, 2.75) is 26.3 Å². The van der Waals surface area contributed by atoms with Crippen LogP contribution in [0, 0.1) is 12.8 Å². The van der Waals surface area contributed by atoms with Crippen molar-refractivity contribution in [2.75, 3.05) is 0 Å². The molecule has 3 nitrogen and oxygen atoms in total. The lowest BCUT2D eigenvalue weighted by atomic mass is 9.98. The molecule has 3 heteroatoms. The van der Waals surface area contributed by atoms with Gasteiger partial charge < -0.3 is 9.36 Å². The molecule has 92 valence electrons. The molecular formula is C15H16N2O. The zero-order chi connectivity index (χ0) is 12.5. The van der Waals surface area contributed by atoms with E-state index in [-0.39, 0.29) is 5.92 Å². The summed E-state index contributed by atoms with van der Waals surface area (Å²) in [6, 6.07) is 10.2. The van der Waals surface area contributed by atoms with E-state index in [0.29, 0.717) is 0 Å². The van der Waals surface area contributed by atoms with Crippen LogP contribution < -0.4 is 0 Å². The zero-order valence-electron chi connectivity index (χ0n) is 10.5. The molecule has 0 saturated heterocycles. The molecule has 0 saturated carbocycles. The van der Waals surface area contributed by atoms with Gasteiger partial charge in [-0.1, -0.05) is 30.3 Å². The lowest BCUT2D eigenvalue weighted by Crippen LogP contribution is -2.21. The maximum Gasteiger partial charge on any atom is 0.140 e. The summed E-state index contributed by atoms with van der Waals surface area (Å²) in [5.41, 5.74) is 3.50. The molecule has 0 spiro atoms. The molecular weight excluding hydrogens is 224 g/mol. The summed E-state index contributed by atoms with van der Waals surface area (Å²) >= 11 is 0. The van der Waals surface area contributed by atoms with Crippen LogP contribution in [-0.4, -0.2) is 15.8 Å². The predicted octanol–water partition coefficient (Wildman–Crippen LogP) is 2.62. The molecule has 1 aromatic carbocycles. The van der Waals surface area contributed by atoms with E-state index in [1.54, 1.807) is 0 Å².